The van der Waals surface area contributed by atoms with Crippen LogP contribution in [0.15, 0.2) is 78.0 Å². The zero-order valence-corrected chi connectivity index (χ0v) is 19.2. The first-order valence-electron chi connectivity index (χ1n) is 10.9. The molecule has 0 bridgehead atoms. The molecule has 2 aliphatic rings. The fraction of sp³-hybridized carbons (Fsp3) is 0.280. The number of carbonyl (C=O) groups excluding carboxylic acids is 1. The average molecular weight is 464 g/mol. The van der Waals surface area contributed by atoms with Gasteiger partial charge in [0.2, 0.25) is 15.9 Å². The number of ether oxygens (including phenoxy) is 1. The molecule has 1 fully saturated rings. The summed E-state index contributed by atoms with van der Waals surface area (Å²) in [6.07, 6.45) is 4.14. The van der Waals surface area contributed by atoms with E-state index in [9.17, 15) is 13.2 Å². The fourth-order valence-electron chi connectivity index (χ4n) is 4.95. The Morgan fingerprint density at radius 1 is 1.09 bits per heavy atom. The summed E-state index contributed by atoms with van der Waals surface area (Å²) in [7, 11) is -2.11. The Kier molecular flexibility index (Phi) is 5.42. The molecule has 0 unspecified atom stereocenters. The van der Waals surface area contributed by atoms with Crippen molar-refractivity contribution in [2.75, 3.05) is 20.2 Å². The second kappa shape index (κ2) is 8.28. The molecule has 2 aliphatic heterocycles. The second-order valence-electron chi connectivity index (χ2n) is 8.49. The quantitative estimate of drug-likeness (QED) is 0.581. The minimum atomic E-state index is -3.70. The molecule has 1 aromatic heterocycles. The Hall–Kier alpha value is -3.23. The summed E-state index contributed by atoms with van der Waals surface area (Å²) in [4.78, 5) is 19.5. The molecule has 170 valence electrons. The maximum atomic E-state index is 13.6. The molecule has 0 N–H and O–H groups in total. The zero-order valence-electron chi connectivity index (χ0n) is 18.3. The third kappa shape index (κ3) is 3.69. The van der Waals surface area contributed by atoms with Gasteiger partial charge in [-0.2, -0.15) is 4.31 Å². The number of methoxy groups -OCH3 is 1. The number of rotatable bonds is 5. The van der Waals surface area contributed by atoms with Crippen molar-refractivity contribution in [3.8, 4) is 5.75 Å². The largest absolute Gasteiger partial charge is 0.497 e. The first-order valence-corrected chi connectivity index (χ1v) is 12.3. The van der Waals surface area contributed by atoms with Gasteiger partial charge in [0.15, 0.2) is 0 Å². The van der Waals surface area contributed by atoms with E-state index in [1.54, 1.807) is 46.9 Å². The highest BCUT2D eigenvalue weighted by Gasteiger charge is 2.57. The van der Waals surface area contributed by atoms with Crippen LogP contribution in [-0.2, 0) is 33.3 Å². The molecule has 0 aliphatic carbocycles. The van der Waals surface area contributed by atoms with E-state index >= 15 is 0 Å². The number of amides is 1. The molecule has 0 saturated carbocycles. The summed E-state index contributed by atoms with van der Waals surface area (Å²) in [5, 5.41) is 0. The van der Waals surface area contributed by atoms with Crippen molar-refractivity contribution >= 4 is 15.9 Å². The molecule has 1 amide bonds. The van der Waals surface area contributed by atoms with E-state index in [1.807, 2.05) is 42.5 Å². The molecular formula is C25H25N3O4S. The number of carbonyl (C=O) groups is 1. The monoisotopic (exact) mass is 463 g/mol. The molecule has 1 saturated heterocycles. The van der Waals surface area contributed by atoms with Crippen LogP contribution < -0.4 is 4.74 Å². The number of likely N-dealkylation sites (tertiary alicyclic amines) is 1. The summed E-state index contributed by atoms with van der Waals surface area (Å²) in [5.41, 5.74) is 1.67. The van der Waals surface area contributed by atoms with Crippen LogP contribution in [0.3, 0.4) is 0 Å². The zero-order chi connectivity index (χ0) is 23.1. The summed E-state index contributed by atoms with van der Waals surface area (Å²) >= 11 is 0. The minimum absolute atomic E-state index is 0.0248. The highest BCUT2D eigenvalue weighted by Crippen LogP contribution is 2.50. The average Bonchev–Trinajstić information content (AvgIpc) is 3.36. The Bertz CT molecular complexity index is 1300. The summed E-state index contributed by atoms with van der Waals surface area (Å²) < 4.78 is 34.0. The summed E-state index contributed by atoms with van der Waals surface area (Å²) in [6, 6.07) is 18.3. The number of aromatic nitrogens is 1. The van der Waals surface area contributed by atoms with E-state index in [-0.39, 0.29) is 18.9 Å². The standard InChI is InChI=1S/C25H25N3O4S/c1-32-21-8-4-6-19(14-21)15-24(29)27-13-11-25(18-27)22-9-2-3-10-23(22)33(30,31)28(25)17-20-7-5-12-26-16-20/h2-10,12,14,16H,11,13,15,17-18H2,1H3/t25-/m1/s1. The van der Waals surface area contributed by atoms with Gasteiger partial charge in [0.1, 0.15) is 5.75 Å². The highest BCUT2D eigenvalue weighted by atomic mass is 32.2. The van der Waals surface area contributed by atoms with Gasteiger partial charge in [-0.15, -0.1) is 0 Å². The predicted octanol–water partition coefficient (Wildman–Crippen LogP) is 2.97. The van der Waals surface area contributed by atoms with Gasteiger partial charge in [-0.1, -0.05) is 36.4 Å². The lowest BCUT2D eigenvalue weighted by Gasteiger charge is -2.34. The number of hydrogen-bond donors (Lipinski definition) is 0. The maximum Gasteiger partial charge on any atom is 0.244 e. The third-order valence-electron chi connectivity index (χ3n) is 6.57. The van der Waals surface area contributed by atoms with E-state index < -0.39 is 15.6 Å². The Morgan fingerprint density at radius 3 is 2.70 bits per heavy atom. The fourth-order valence-corrected chi connectivity index (χ4v) is 7.00. The number of hydrogen-bond acceptors (Lipinski definition) is 5. The number of pyridine rings is 1. The van der Waals surface area contributed by atoms with Crippen LogP contribution in [0, 0.1) is 0 Å². The molecule has 3 heterocycles. The van der Waals surface area contributed by atoms with Crippen molar-refractivity contribution in [2.24, 2.45) is 0 Å². The molecule has 7 nitrogen and oxygen atoms in total. The Labute approximate surface area is 193 Å². The Balaban J connectivity index is 1.47. The number of fused-ring (bicyclic) bond motifs is 2. The van der Waals surface area contributed by atoms with Crippen molar-refractivity contribution < 1.29 is 17.9 Å². The van der Waals surface area contributed by atoms with Crippen molar-refractivity contribution in [3.05, 3.63) is 89.7 Å². The minimum Gasteiger partial charge on any atom is -0.497 e. The maximum absolute atomic E-state index is 13.6. The molecule has 5 rings (SSSR count). The van der Waals surface area contributed by atoms with Crippen LogP contribution in [-0.4, -0.2) is 48.7 Å². The van der Waals surface area contributed by atoms with Gasteiger partial charge in [0.05, 0.1) is 24.0 Å². The van der Waals surface area contributed by atoms with Gasteiger partial charge < -0.3 is 9.64 Å². The van der Waals surface area contributed by atoms with Crippen LogP contribution >= 0.6 is 0 Å². The second-order valence-corrected chi connectivity index (χ2v) is 10.3. The topological polar surface area (TPSA) is 79.8 Å². The van der Waals surface area contributed by atoms with Crippen LogP contribution in [0.5, 0.6) is 5.75 Å². The van der Waals surface area contributed by atoms with Gasteiger partial charge in [-0.25, -0.2) is 8.42 Å². The SMILES string of the molecule is COc1cccc(CC(=O)N2CC[C@@]3(C2)c2ccccc2S(=O)(=O)N3Cc2cccnc2)c1. The molecular weight excluding hydrogens is 438 g/mol. The van der Waals surface area contributed by atoms with Crippen molar-refractivity contribution in [1.29, 1.82) is 0 Å². The van der Waals surface area contributed by atoms with Crippen molar-refractivity contribution in [3.63, 3.8) is 0 Å². The smallest absolute Gasteiger partial charge is 0.244 e. The number of nitrogens with zero attached hydrogens (tertiary/aromatic N) is 3. The lowest BCUT2D eigenvalue weighted by atomic mass is 9.88. The van der Waals surface area contributed by atoms with Crippen LogP contribution in [0.2, 0.25) is 0 Å². The lowest BCUT2D eigenvalue weighted by Crippen LogP contribution is -2.46. The van der Waals surface area contributed by atoms with Crippen LogP contribution in [0.1, 0.15) is 23.1 Å². The van der Waals surface area contributed by atoms with Gasteiger partial charge >= 0.3 is 0 Å². The molecule has 8 heteroatoms. The van der Waals surface area contributed by atoms with E-state index in [2.05, 4.69) is 4.98 Å². The van der Waals surface area contributed by atoms with Gasteiger partial charge in [-0.3, -0.25) is 9.78 Å². The molecule has 3 aromatic rings. The van der Waals surface area contributed by atoms with E-state index in [0.29, 0.717) is 30.2 Å². The lowest BCUT2D eigenvalue weighted by molar-refractivity contribution is -0.129. The van der Waals surface area contributed by atoms with Crippen LogP contribution in [0.4, 0.5) is 0 Å². The summed E-state index contributed by atoms with van der Waals surface area (Å²) in [5.74, 6) is 0.680. The van der Waals surface area contributed by atoms with Gasteiger partial charge in [0.25, 0.3) is 0 Å². The van der Waals surface area contributed by atoms with E-state index in [0.717, 1.165) is 16.7 Å². The van der Waals surface area contributed by atoms with Crippen molar-refractivity contribution in [1.82, 2.24) is 14.2 Å². The Morgan fingerprint density at radius 2 is 1.91 bits per heavy atom. The van der Waals surface area contributed by atoms with Gasteiger partial charge in [-0.05, 0) is 47.4 Å². The molecule has 1 spiro atoms. The number of benzene rings is 2. The van der Waals surface area contributed by atoms with E-state index in [1.165, 1.54) is 0 Å². The molecule has 2 aromatic carbocycles. The van der Waals surface area contributed by atoms with Gasteiger partial charge in [0, 0.05) is 32.0 Å². The van der Waals surface area contributed by atoms with Crippen molar-refractivity contribution in [2.45, 2.75) is 29.8 Å². The molecule has 1 atom stereocenters. The van der Waals surface area contributed by atoms with Crippen LogP contribution in [0.25, 0.3) is 0 Å². The normalized spacial score (nSPS) is 21.3. The first kappa shape index (κ1) is 21.6. The van der Waals surface area contributed by atoms with E-state index in [4.69, 9.17) is 4.74 Å². The highest BCUT2D eigenvalue weighted by molar-refractivity contribution is 7.89. The molecule has 0 radical (unpaired) electrons. The number of sulfonamides is 1. The summed E-state index contributed by atoms with van der Waals surface area (Å²) in [6.45, 7) is 1.03. The third-order valence-corrected chi connectivity index (χ3v) is 8.54. The molecule has 33 heavy (non-hydrogen) atoms. The first-order chi connectivity index (χ1) is 15.9. The predicted molar refractivity (Wildman–Crippen MR) is 123 cm³/mol.